The lowest BCUT2D eigenvalue weighted by Crippen LogP contribution is -2.15. The molecule has 3 rings (SSSR count). The van der Waals surface area contributed by atoms with Gasteiger partial charge >= 0.3 is 0 Å². The molecule has 0 unspecified atom stereocenters. The maximum Gasteiger partial charge on any atom is 0.275 e. The Balaban J connectivity index is 1.75. The number of aryl methyl sites for hydroxylation is 2. The summed E-state index contributed by atoms with van der Waals surface area (Å²) >= 11 is 6.12. The van der Waals surface area contributed by atoms with Crippen LogP contribution >= 0.6 is 11.6 Å². The Morgan fingerprint density at radius 1 is 0.962 bits per heavy atom. The second-order valence-electron chi connectivity index (χ2n) is 6.05. The van der Waals surface area contributed by atoms with Crippen molar-refractivity contribution < 1.29 is 4.79 Å². The molecule has 0 bridgehead atoms. The lowest BCUT2D eigenvalue weighted by atomic mass is 10.1. The highest BCUT2D eigenvalue weighted by molar-refractivity contribution is 6.31. The third-order valence-corrected chi connectivity index (χ3v) is 4.54. The predicted molar refractivity (Wildman–Crippen MR) is 105 cm³/mol. The largest absolute Gasteiger partial charge is 0.339 e. The maximum atomic E-state index is 12.4. The molecule has 2 N–H and O–H groups in total. The number of hydrogen-bond donors (Lipinski definition) is 2. The second kappa shape index (κ2) is 7.54. The van der Waals surface area contributed by atoms with Crippen LogP contribution in [0.3, 0.4) is 0 Å². The molecule has 0 aliphatic carbocycles. The number of nitrogens with zero attached hydrogens (tertiary/aromatic N) is 2. The first-order valence-electron chi connectivity index (χ1n) is 8.17. The Hall–Kier alpha value is -2.92. The molecule has 3 aromatic rings. The fourth-order valence-corrected chi connectivity index (χ4v) is 2.75. The fourth-order valence-electron chi connectivity index (χ4n) is 2.58. The summed E-state index contributed by atoms with van der Waals surface area (Å²) in [4.78, 5) is 20.9. The Bertz CT molecular complexity index is 934. The summed E-state index contributed by atoms with van der Waals surface area (Å²) < 4.78 is 0. The normalized spacial score (nSPS) is 10.5. The van der Waals surface area contributed by atoms with Crippen molar-refractivity contribution in [2.24, 2.45) is 0 Å². The molecular weight excluding hydrogens is 348 g/mol. The summed E-state index contributed by atoms with van der Waals surface area (Å²) in [7, 11) is 0. The van der Waals surface area contributed by atoms with Crippen molar-refractivity contribution in [1.82, 2.24) is 9.97 Å². The number of halogens is 1. The van der Waals surface area contributed by atoms with Crippen LogP contribution < -0.4 is 10.6 Å². The van der Waals surface area contributed by atoms with Gasteiger partial charge in [0.25, 0.3) is 5.91 Å². The number of carbonyl (C=O) groups excluding carboxylic acids is 1. The molecule has 0 saturated carbocycles. The van der Waals surface area contributed by atoms with Gasteiger partial charge in [-0.05, 0) is 49.6 Å². The summed E-state index contributed by atoms with van der Waals surface area (Å²) in [5.41, 5.74) is 4.83. The molecule has 5 nitrogen and oxygen atoms in total. The molecule has 0 saturated heterocycles. The van der Waals surface area contributed by atoms with Gasteiger partial charge in [-0.1, -0.05) is 35.9 Å². The van der Waals surface area contributed by atoms with Crippen molar-refractivity contribution in [2.75, 3.05) is 10.6 Å². The Morgan fingerprint density at radius 3 is 2.31 bits per heavy atom. The van der Waals surface area contributed by atoms with Crippen LogP contribution in [0.5, 0.6) is 0 Å². The third kappa shape index (κ3) is 3.83. The third-order valence-electron chi connectivity index (χ3n) is 4.13. The zero-order chi connectivity index (χ0) is 18.7. The molecule has 6 heteroatoms. The quantitative estimate of drug-likeness (QED) is 0.678. The number of aromatic nitrogens is 2. The number of benzene rings is 2. The molecule has 0 fully saturated rings. The minimum atomic E-state index is -0.291. The first kappa shape index (κ1) is 17.9. The van der Waals surface area contributed by atoms with Gasteiger partial charge < -0.3 is 10.6 Å². The van der Waals surface area contributed by atoms with E-state index in [1.54, 1.807) is 0 Å². The standard InChI is InChI=1S/C20H19ClN4O/c1-12-6-4-7-13(2)19(12)25-20(26)17-10-23-18(11-22-17)24-16-9-5-8-15(21)14(16)3/h4-11H,1-3H3,(H,23,24)(H,25,26). The molecule has 0 radical (unpaired) electrons. The number of anilines is 3. The molecule has 132 valence electrons. The highest BCUT2D eigenvalue weighted by atomic mass is 35.5. The molecule has 0 spiro atoms. The molecule has 1 amide bonds. The Morgan fingerprint density at radius 2 is 1.65 bits per heavy atom. The van der Waals surface area contributed by atoms with E-state index < -0.39 is 0 Å². The van der Waals surface area contributed by atoms with Gasteiger partial charge in [-0.3, -0.25) is 4.79 Å². The summed E-state index contributed by atoms with van der Waals surface area (Å²) in [6, 6.07) is 11.5. The van der Waals surface area contributed by atoms with E-state index in [0.717, 1.165) is 28.1 Å². The van der Waals surface area contributed by atoms with Crippen LogP contribution in [0.2, 0.25) is 5.02 Å². The molecule has 1 aromatic heterocycles. The zero-order valence-electron chi connectivity index (χ0n) is 14.8. The zero-order valence-corrected chi connectivity index (χ0v) is 15.6. The Labute approximate surface area is 157 Å². The summed E-state index contributed by atoms with van der Waals surface area (Å²) in [6.45, 7) is 5.83. The second-order valence-corrected chi connectivity index (χ2v) is 6.45. The van der Waals surface area contributed by atoms with Gasteiger partial charge in [-0.2, -0.15) is 0 Å². The lowest BCUT2D eigenvalue weighted by molar-refractivity contribution is 0.102. The van der Waals surface area contributed by atoms with E-state index in [2.05, 4.69) is 20.6 Å². The van der Waals surface area contributed by atoms with Gasteiger partial charge in [0.05, 0.1) is 12.4 Å². The van der Waals surface area contributed by atoms with Crippen LogP contribution in [0.4, 0.5) is 17.2 Å². The van der Waals surface area contributed by atoms with E-state index in [0.29, 0.717) is 10.8 Å². The summed E-state index contributed by atoms with van der Waals surface area (Å²) in [5, 5.41) is 6.73. The number of nitrogens with one attached hydrogen (secondary N) is 2. The van der Waals surface area contributed by atoms with Gasteiger partial charge in [0.1, 0.15) is 11.5 Å². The fraction of sp³-hybridized carbons (Fsp3) is 0.150. The highest BCUT2D eigenvalue weighted by Gasteiger charge is 2.12. The van der Waals surface area contributed by atoms with Crippen LogP contribution in [0.15, 0.2) is 48.8 Å². The molecule has 0 atom stereocenters. The molecule has 0 aliphatic heterocycles. The van der Waals surface area contributed by atoms with Crippen molar-refractivity contribution >= 4 is 34.7 Å². The first-order valence-corrected chi connectivity index (χ1v) is 8.55. The average Bonchev–Trinajstić information content (AvgIpc) is 2.63. The summed E-state index contributed by atoms with van der Waals surface area (Å²) in [6.07, 6.45) is 2.98. The number of amides is 1. The van der Waals surface area contributed by atoms with E-state index >= 15 is 0 Å². The smallest absolute Gasteiger partial charge is 0.275 e. The van der Waals surface area contributed by atoms with Crippen molar-refractivity contribution in [3.63, 3.8) is 0 Å². The van der Waals surface area contributed by atoms with Gasteiger partial charge in [0.2, 0.25) is 0 Å². The van der Waals surface area contributed by atoms with Crippen molar-refractivity contribution in [3.05, 3.63) is 76.2 Å². The van der Waals surface area contributed by atoms with E-state index in [4.69, 9.17) is 11.6 Å². The lowest BCUT2D eigenvalue weighted by Gasteiger charge is -2.12. The van der Waals surface area contributed by atoms with Crippen LogP contribution in [-0.2, 0) is 0 Å². The van der Waals surface area contributed by atoms with Gasteiger partial charge in [-0.15, -0.1) is 0 Å². The van der Waals surface area contributed by atoms with E-state index in [9.17, 15) is 4.79 Å². The predicted octanol–water partition coefficient (Wildman–Crippen LogP) is 5.05. The molecular formula is C20H19ClN4O. The first-order chi connectivity index (χ1) is 12.5. The molecule has 2 aromatic carbocycles. The van der Waals surface area contributed by atoms with Crippen LogP contribution in [0.25, 0.3) is 0 Å². The van der Waals surface area contributed by atoms with Crippen LogP contribution in [0.1, 0.15) is 27.2 Å². The molecule has 26 heavy (non-hydrogen) atoms. The van der Waals surface area contributed by atoms with E-state index in [1.165, 1.54) is 12.4 Å². The van der Waals surface area contributed by atoms with Gasteiger partial charge in [-0.25, -0.2) is 9.97 Å². The topological polar surface area (TPSA) is 66.9 Å². The van der Waals surface area contributed by atoms with Crippen molar-refractivity contribution in [1.29, 1.82) is 0 Å². The number of hydrogen-bond acceptors (Lipinski definition) is 4. The summed E-state index contributed by atoms with van der Waals surface area (Å²) in [5.74, 6) is 0.249. The van der Waals surface area contributed by atoms with Crippen LogP contribution in [0, 0.1) is 20.8 Å². The molecule has 0 aliphatic rings. The Kier molecular flexibility index (Phi) is 5.19. The highest BCUT2D eigenvalue weighted by Crippen LogP contribution is 2.25. The number of para-hydroxylation sites is 1. The van der Waals surface area contributed by atoms with Crippen molar-refractivity contribution in [2.45, 2.75) is 20.8 Å². The van der Waals surface area contributed by atoms with E-state index in [1.807, 2.05) is 57.2 Å². The average molecular weight is 367 g/mol. The van der Waals surface area contributed by atoms with E-state index in [-0.39, 0.29) is 11.6 Å². The molecule has 1 heterocycles. The van der Waals surface area contributed by atoms with Crippen molar-refractivity contribution in [3.8, 4) is 0 Å². The minimum absolute atomic E-state index is 0.251. The minimum Gasteiger partial charge on any atom is -0.339 e. The maximum absolute atomic E-state index is 12.4. The SMILES string of the molecule is Cc1cccc(C)c1NC(=O)c1cnc(Nc2cccc(Cl)c2C)cn1. The number of carbonyl (C=O) groups is 1. The van der Waals surface area contributed by atoms with Gasteiger partial charge in [0.15, 0.2) is 0 Å². The monoisotopic (exact) mass is 366 g/mol. The number of rotatable bonds is 4. The van der Waals surface area contributed by atoms with Gasteiger partial charge in [0, 0.05) is 16.4 Å². The van der Waals surface area contributed by atoms with Crippen LogP contribution in [-0.4, -0.2) is 15.9 Å².